The fourth-order valence-corrected chi connectivity index (χ4v) is 1.34. The van der Waals surface area contributed by atoms with E-state index < -0.39 is 11.6 Å². The Morgan fingerprint density at radius 2 is 2.09 bits per heavy atom. The molecule has 0 spiro atoms. The normalized spacial score (nSPS) is 37.4. The van der Waals surface area contributed by atoms with Crippen LogP contribution in [-0.2, 0) is 0 Å². The van der Waals surface area contributed by atoms with Crippen molar-refractivity contribution >= 4 is 0 Å². The smallest absolute Gasteiger partial charge is 0.319 e. The number of nitrogens with one attached hydrogen (secondary N) is 1. The standard InChI is InChI=1S/C7H12F3N/c1-6(7(8,9)10)3-5(6)4-11-2/h5,11H,3-4H2,1-2H3. The van der Waals surface area contributed by atoms with Gasteiger partial charge in [-0.2, -0.15) is 13.2 Å². The summed E-state index contributed by atoms with van der Waals surface area (Å²) in [5, 5.41) is 2.76. The Bertz CT molecular complexity index is 154. The zero-order valence-corrected chi connectivity index (χ0v) is 6.63. The van der Waals surface area contributed by atoms with Gasteiger partial charge in [0.1, 0.15) is 0 Å². The number of alkyl halides is 3. The minimum absolute atomic E-state index is 0.215. The van der Waals surface area contributed by atoms with Gasteiger partial charge in [-0.25, -0.2) is 0 Å². The zero-order valence-electron chi connectivity index (χ0n) is 6.63. The molecule has 1 aliphatic carbocycles. The predicted octanol–water partition coefficient (Wildman–Crippen LogP) is 1.79. The van der Waals surface area contributed by atoms with E-state index >= 15 is 0 Å². The Morgan fingerprint density at radius 1 is 1.55 bits per heavy atom. The molecule has 1 fully saturated rings. The fraction of sp³-hybridized carbons (Fsp3) is 1.00. The summed E-state index contributed by atoms with van der Waals surface area (Å²) in [6, 6.07) is 0. The first-order chi connectivity index (χ1) is 4.92. The first kappa shape index (κ1) is 8.84. The molecule has 0 bridgehead atoms. The van der Waals surface area contributed by atoms with Crippen LogP contribution in [0.1, 0.15) is 13.3 Å². The van der Waals surface area contributed by atoms with Crippen LogP contribution >= 0.6 is 0 Å². The number of hydrogen-bond donors (Lipinski definition) is 1. The summed E-state index contributed by atoms with van der Waals surface area (Å²) >= 11 is 0. The molecule has 0 aromatic carbocycles. The van der Waals surface area contributed by atoms with Crippen molar-refractivity contribution in [2.45, 2.75) is 19.5 Å². The van der Waals surface area contributed by atoms with Gasteiger partial charge in [0, 0.05) is 0 Å². The van der Waals surface area contributed by atoms with Gasteiger partial charge in [-0.05, 0) is 25.9 Å². The van der Waals surface area contributed by atoms with Crippen LogP contribution in [0, 0.1) is 11.3 Å². The second-order valence-electron chi connectivity index (χ2n) is 3.37. The lowest BCUT2D eigenvalue weighted by Gasteiger charge is -2.15. The maximum absolute atomic E-state index is 12.2. The maximum atomic E-state index is 12.2. The predicted molar refractivity (Wildman–Crippen MR) is 36.2 cm³/mol. The molecule has 0 aliphatic heterocycles. The highest BCUT2D eigenvalue weighted by atomic mass is 19.4. The van der Waals surface area contributed by atoms with Crippen LogP contribution in [0.2, 0.25) is 0 Å². The summed E-state index contributed by atoms with van der Waals surface area (Å²) in [6.07, 6.45) is -3.74. The van der Waals surface area contributed by atoms with Crippen molar-refractivity contribution in [1.82, 2.24) is 5.32 Å². The molecule has 4 heteroatoms. The van der Waals surface area contributed by atoms with Crippen molar-refractivity contribution in [2.75, 3.05) is 13.6 Å². The van der Waals surface area contributed by atoms with E-state index in [0.717, 1.165) is 0 Å². The number of rotatable bonds is 2. The van der Waals surface area contributed by atoms with Crippen molar-refractivity contribution in [1.29, 1.82) is 0 Å². The molecular weight excluding hydrogens is 155 g/mol. The van der Waals surface area contributed by atoms with Crippen molar-refractivity contribution in [2.24, 2.45) is 11.3 Å². The van der Waals surface area contributed by atoms with E-state index in [4.69, 9.17) is 0 Å². The van der Waals surface area contributed by atoms with E-state index in [2.05, 4.69) is 5.32 Å². The van der Waals surface area contributed by atoms with Gasteiger partial charge in [0.2, 0.25) is 0 Å². The van der Waals surface area contributed by atoms with E-state index in [1.165, 1.54) is 6.92 Å². The third-order valence-electron chi connectivity index (χ3n) is 2.51. The highest BCUT2D eigenvalue weighted by molar-refractivity contribution is 5.04. The lowest BCUT2D eigenvalue weighted by atomic mass is 10.1. The first-order valence-corrected chi connectivity index (χ1v) is 3.63. The van der Waals surface area contributed by atoms with E-state index in [-0.39, 0.29) is 12.3 Å². The average Bonchev–Trinajstić information content (AvgIpc) is 2.43. The van der Waals surface area contributed by atoms with Crippen molar-refractivity contribution in [3.63, 3.8) is 0 Å². The van der Waals surface area contributed by atoms with Crippen LogP contribution in [0.15, 0.2) is 0 Å². The highest BCUT2D eigenvalue weighted by Gasteiger charge is 2.66. The molecule has 1 aliphatic rings. The minimum atomic E-state index is -4.02. The van der Waals surface area contributed by atoms with Gasteiger partial charge in [-0.3, -0.25) is 0 Å². The minimum Gasteiger partial charge on any atom is -0.319 e. The first-order valence-electron chi connectivity index (χ1n) is 3.63. The Kier molecular flexibility index (Phi) is 1.90. The van der Waals surface area contributed by atoms with E-state index in [9.17, 15) is 13.2 Å². The number of hydrogen-bond acceptors (Lipinski definition) is 1. The summed E-state index contributed by atoms with van der Waals surface area (Å²) in [7, 11) is 1.68. The third-order valence-corrected chi connectivity index (χ3v) is 2.51. The lowest BCUT2D eigenvalue weighted by molar-refractivity contribution is -0.186. The Balaban J connectivity index is 2.49. The molecule has 1 nitrogen and oxygen atoms in total. The average molecular weight is 167 g/mol. The molecule has 1 N–H and O–H groups in total. The van der Waals surface area contributed by atoms with Gasteiger partial charge < -0.3 is 5.32 Å². The van der Waals surface area contributed by atoms with Crippen LogP contribution in [0.3, 0.4) is 0 Å². The molecule has 0 saturated heterocycles. The molecule has 1 rings (SSSR count). The Morgan fingerprint density at radius 3 is 2.36 bits per heavy atom. The second-order valence-corrected chi connectivity index (χ2v) is 3.37. The highest BCUT2D eigenvalue weighted by Crippen LogP contribution is 2.61. The van der Waals surface area contributed by atoms with Crippen molar-refractivity contribution in [3.8, 4) is 0 Å². The Labute approximate surface area is 64.0 Å². The van der Waals surface area contributed by atoms with Crippen molar-refractivity contribution < 1.29 is 13.2 Å². The Hall–Kier alpha value is -0.250. The SMILES string of the molecule is CNCC1CC1(C)C(F)(F)F. The molecule has 1 saturated carbocycles. The van der Waals surface area contributed by atoms with Gasteiger partial charge >= 0.3 is 6.18 Å². The summed E-state index contributed by atoms with van der Waals surface area (Å²) in [6.45, 7) is 1.75. The lowest BCUT2D eigenvalue weighted by Crippen LogP contribution is -2.26. The third kappa shape index (κ3) is 1.36. The summed E-state index contributed by atoms with van der Waals surface area (Å²) in [4.78, 5) is 0. The van der Waals surface area contributed by atoms with Crippen LogP contribution in [0.4, 0.5) is 13.2 Å². The molecule has 0 radical (unpaired) electrons. The molecule has 0 heterocycles. The van der Waals surface area contributed by atoms with Gasteiger partial charge in [-0.15, -0.1) is 0 Å². The molecule has 11 heavy (non-hydrogen) atoms. The molecule has 0 aromatic heterocycles. The van der Waals surface area contributed by atoms with Crippen LogP contribution in [-0.4, -0.2) is 19.8 Å². The fourth-order valence-electron chi connectivity index (χ4n) is 1.34. The summed E-state index contributed by atoms with van der Waals surface area (Å²) < 4.78 is 36.5. The molecule has 0 amide bonds. The zero-order chi connectivity index (χ0) is 8.70. The molecule has 0 aromatic rings. The van der Waals surface area contributed by atoms with Gasteiger partial charge in [0.25, 0.3) is 0 Å². The van der Waals surface area contributed by atoms with E-state index in [1.54, 1.807) is 7.05 Å². The van der Waals surface area contributed by atoms with Gasteiger partial charge in [-0.1, -0.05) is 6.92 Å². The van der Waals surface area contributed by atoms with Crippen molar-refractivity contribution in [3.05, 3.63) is 0 Å². The second kappa shape index (κ2) is 2.37. The van der Waals surface area contributed by atoms with Gasteiger partial charge in [0.05, 0.1) is 5.41 Å². The molecule has 2 unspecified atom stereocenters. The monoisotopic (exact) mass is 167 g/mol. The quantitative estimate of drug-likeness (QED) is 0.661. The van der Waals surface area contributed by atoms with E-state index in [1.807, 2.05) is 0 Å². The van der Waals surface area contributed by atoms with Crippen LogP contribution in [0.5, 0.6) is 0 Å². The topological polar surface area (TPSA) is 12.0 Å². The van der Waals surface area contributed by atoms with Crippen LogP contribution < -0.4 is 5.32 Å². The maximum Gasteiger partial charge on any atom is 0.394 e. The number of halogens is 3. The summed E-state index contributed by atoms with van der Waals surface area (Å²) in [5.74, 6) is -0.215. The molecule has 2 atom stereocenters. The van der Waals surface area contributed by atoms with Crippen LogP contribution in [0.25, 0.3) is 0 Å². The van der Waals surface area contributed by atoms with Gasteiger partial charge in [0.15, 0.2) is 0 Å². The molecule has 66 valence electrons. The summed E-state index contributed by atoms with van der Waals surface area (Å²) in [5.41, 5.74) is -1.41. The van der Waals surface area contributed by atoms with E-state index in [0.29, 0.717) is 6.54 Å². The molecular formula is C7H12F3N. The largest absolute Gasteiger partial charge is 0.394 e.